The van der Waals surface area contributed by atoms with Crippen LogP contribution in [0.3, 0.4) is 0 Å². The van der Waals surface area contributed by atoms with E-state index in [4.69, 9.17) is 5.73 Å². The first kappa shape index (κ1) is 11.1. The summed E-state index contributed by atoms with van der Waals surface area (Å²) in [6.45, 7) is 0. The number of nitrogens with zero attached hydrogens (tertiary/aromatic N) is 1. The van der Waals surface area contributed by atoms with Crippen LogP contribution in [0.15, 0.2) is 16.0 Å². The van der Waals surface area contributed by atoms with Gasteiger partial charge >= 0.3 is 0 Å². The monoisotopic (exact) mass is 262 g/mol. The van der Waals surface area contributed by atoms with E-state index in [1.807, 2.05) is 0 Å². The average molecular weight is 262 g/mol. The molecule has 4 heteroatoms. The topological polar surface area (TPSA) is 55.4 Å². The second kappa shape index (κ2) is 3.86. The molecule has 0 atom stereocenters. The number of allylic oxidation sites excluding steroid dienone is 1. The number of hydrogen-bond donors (Lipinski definition) is 1. The van der Waals surface area contributed by atoms with Crippen LogP contribution >= 0.6 is 11.8 Å². The molecule has 0 radical (unpaired) electrons. The number of nitrogens with two attached hydrogens (primary N) is 1. The highest BCUT2D eigenvalue weighted by Gasteiger charge is 2.47. The molecule has 3 nitrogen and oxygen atoms in total. The zero-order valence-electron chi connectivity index (χ0n) is 10.3. The first-order chi connectivity index (χ1) is 8.69. The van der Waals surface area contributed by atoms with Gasteiger partial charge in [-0.1, -0.05) is 6.08 Å². The Hall–Kier alpha value is -0.770. The van der Waals surface area contributed by atoms with Gasteiger partial charge in [0.2, 0.25) is 0 Å². The second-order valence-corrected chi connectivity index (χ2v) is 7.46. The maximum Gasteiger partial charge on any atom is 0.285 e. The molecular weight excluding hydrogens is 244 g/mol. The molecule has 1 amide bonds. The summed E-state index contributed by atoms with van der Waals surface area (Å²) < 4.78 is 0. The van der Waals surface area contributed by atoms with Gasteiger partial charge in [-0.25, -0.2) is 0 Å². The van der Waals surface area contributed by atoms with Crippen molar-refractivity contribution in [2.75, 3.05) is 0 Å². The molecule has 4 bridgehead atoms. The number of amides is 1. The van der Waals surface area contributed by atoms with Crippen LogP contribution in [-0.4, -0.2) is 11.1 Å². The van der Waals surface area contributed by atoms with Crippen molar-refractivity contribution < 1.29 is 4.79 Å². The van der Waals surface area contributed by atoms with Gasteiger partial charge < -0.3 is 5.73 Å². The summed E-state index contributed by atoms with van der Waals surface area (Å²) >= 11 is 1.36. The molecule has 0 aromatic rings. The predicted molar refractivity (Wildman–Crippen MR) is 72.8 cm³/mol. The van der Waals surface area contributed by atoms with Gasteiger partial charge in [-0.15, -0.1) is 0 Å². The smallest absolute Gasteiger partial charge is 0.285 e. The minimum atomic E-state index is -0.119. The van der Waals surface area contributed by atoms with Crippen molar-refractivity contribution in [1.82, 2.24) is 0 Å². The largest absolute Gasteiger partial charge is 0.378 e. The van der Waals surface area contributed by atoms with E-state index in [2.05, 4.69) is 11.1 Å². The third kappa shape index (κ3) is 1.65. The highest BCUT2D eigenvalue weighted by molar-refractivity contribution is 8.18. The van der Waals surface area contributed by atoms with Gasteiger partial charge in [0.25, 0.3) is 5.91 Å². The van der Waals surface area contributed by atoms with Crippen LogP contribution in [0.25, 0.3) is 0 Å². The Bertz CT molecular complexity index is 440. The molecule has 0 saturated heterocycles. The first-order valence-corrected chi connectivity index (χ1v) is 7.79. The summed E-state index contributed by atoms with van der Waals surface area (Å²) in [7, 11) is 0. The Morgan fingerprint density at radius 1 is 1.11 bits per heavy atom. The van der Waals surface area contributed by atoms with Gasteiger partial charge in [-0.3, -0.25) is 4.79 Å². The van der Waals surface area contributed by atoms with Crippen LogP contribution in [0.5, 0.6) is 0 Å². The molecule has 2 N–H and O–H groups in total. The van der Waals surface area contributed by atoms with Crippen LogP contribution in [0.4, 0.5) is 0 Å². The average Bonchev–Trinajstić information content (AvgIpc) is 2.61. The molecule has 0 aromatic heterocycles. The highest BCUT2D eigenvalue weighted by atomic mass is 32.2. The van der Waals surface area contributed by atoms with Crippen molar-refractivity contribution in [3.63, 3.8) is 0 Å². The lowest BCUT2D eigenvalue weighted by Gasteiger charge is -2.53. The lowest BCUT2D eigenvalue weighted by atomic mass is 9.52. The fourth-order valence-electron chi connectivity index (χ4n) is 4.85. The molecule has 4 aliphatic carbocycles. The Balaban J connectivity index is 1.59. The van der Waals surface area contributed by atoms with E-state index < -0.39 is 0 Å². The number of thioether (sulfide) groups is 1. The van der Waals surface area contributed by atoms with Crippen molar-refractivity contribution >= 4 is 22.8 Å². The number of aliphatic imine (C=N–C) groups is 1. The van der Waals surface area contributed by atoms with E-state index in [1.54, 1.807) is 0 Å². The number of amidine groups is 1. The molecule has 96 valence electrons. The summed E-state index contributed by atoms with van der Waals surface area (Å²) in [5.74, 6) is 4.11. The quantitative estimate of drug-likeness (QED) is 0.739. The number of rotatable bonds is 1. The molecule has 5 aliphatic rings. The molecule has 18 heavy (non-hydrogen) atoms. The summed E-state index contributed by atoms with van der Waals surface area (Å²) in [6.07, 6.45) is 9.23. The van der Waals surface area contributed by atoms with Crippen LogP contribution in [0.2, 0.25) is 0 Å². The zero-order valence-corrected chi connectivity index (χ0v) is 11.2. The minimum Gasteiger partial charge on any atom is -0.378 e. The minimum absolute atomic E-state index is 0.119. The number of carbonyl (C=O) groups excluding carboxylic acids is 1. The lowest BCUT2D eigenvalue weighted by Crippen LogP contribution is -2.44. The Morgan fingerprint density at radius 2 is 1.72 bits per heavy atom. The van der Waals surface area contributed by atoms with E-state index in [0.29, 0.717) is 11.1 Å². The van der Waals surface area contributed by atoms with E-state index >= 15 is 0 Å². The molecule has 1 heterocycles. The van der Waals surface area contributed by atoms with Crippen LogP contribution in [0, 0.1) is 29.6 Å². The SMILES string of the molecule is NC1=NC(=O)/C(=C/C2C3CC4CC(C3)CC2C4)S1. The molecule has 0 spiro atoms. The van der Waals surface area contributed by atoms with E-state index in [0.717, 1.165) is 28.6 Å². The number of carbonyl (C=O) groups is 1. The van der Waals surface area contributed by atoms with E-state index in [-0.39, 0.29) is 5.91 Å². The van der Waals surface area contributed by atoms with Gasteiger partial charge in [-0.2, -0.15) is 4.99 Å². The van der Waals surface area contributed by atoms with Crippen molar-refractivity contribution in [1.29, 1.82) is 0 Å². The standard InChI is InChI=1S/C14H18N2OS/c15-14-16-13(17)12(18-14)6-11-9-2-7-1-8(4-9)5-10(11)3-7/h6-11H,1-5H2,(H2,15,16,17)/b12-6-. The van der Waals surface area contributed by atoms with Gasteiger partial charge in [0, 0.05) is 0 Å². The summed E-state index contributed by atoms with van der Waals surface area (Å²) in [6, 6.07) is 0. The van der Waals surface area contributed by atoms with Crippen molar-refractivity contribution in [2.24, 2.45) is 40.3 Å². The normalized spacial score (nSPS) is 48.0. The van der Waals surface area contributed by atoms with Crippen molar-refractivity contribution in [3.8, 4) is 0 Å². The summed E-state index contributed by atoms with van der Waals surface area (Å²) in [4.78, 5) is 16.3. The van der Waals surface area contributed by atoms with Crippen molar-refractivity contribution in [3.05, 3.63) is 11.0 Å². The lowest BCUT2D eigenvalue weighted by molar-refractivity contribution is -0.113. The maximum atomic E-state index is 11.7. The van der Waals surface area contributed by atoms with E-state index in [9.17, 15) is 4.79 Å². The molecule has 1 aliphatic heterocycles. The molecular formula is C14H18N2OS. The molecule has 0 unspecified atom stereocenters. The van der Waals surface area contributed by atoms with Crippen LogP contribution in [0.1, 0.15) is 32.1 Å². The van der Waals surface area contributed by atoms with Crippen LogP contribution < -0.4 is 5.73 Å². The fraction of sp³-hybridized carbons (Fsp3) is 0.714. The van der Waals surface area contributed by atoms with Gasteiger partial charge in [0.05, 0.1) is 4.91 Å². The van der Waals surface area contributed by atoms with Crippen molar-refractivity contribution in [2.45, 2.75) is 32.1 Å². The highest BCUT2D eigenvalue weighted by Crippen LogP contribution is 2.57. The Kier molecular flexibility index (Phi) is 2.38. The third-order valence-corrected chi connectivity index (χ3v) is 6.11. The maximum absolute atomic E-state index is 11.7. The number of hydrogen-bond acceptors (Lipinski definition) is 3. The van der Waals surface area contributed by atoms with Gasteiger partial charge in [0.15, 0.2) is 5.17 Å². The fourth-order valence-corrected chi connectivity index (χ4v) is 5.57. The molecule has 5 rings (SSSR count). The zero-order chi connectivity index (χ0) is 12.3. The summed E-state index contributed by atoms with van der Waals surface area (Å²) in [5.41, 5.74) is 5.62. The molecule has 4 saturated carbocycles. The Morgan fingerprint density at radius 3 is 2.22 bits per heavy atom. The van der Waals surface area contributed by atoms with Crippen LogP contribution in [-0.2, 0) is 4.79 Å². The van der Waals surface area contributed by atoms with E-state index in [1.165, 1.54) is 43.9 Å². The van der Waals surface area contributed by atoms with Gasteiger partial charge in [0.1, 0.15) is 0 Å². The Labute approximate surface area is 111 Å². The second-order valence-electron chi connectivity index (χ2n) is 6.40. The van der Waals surface area contributed by atoms with Gasteiger partial charge in [-0.05, 0) is 73.5 Å². The predicted octanol–water partition coefficient (Wildman–Crippen LogP) is 2.53. The molecule has 0 aromatic carbocycles. The molecule has 4 fully saturated rings. The summed E-state index contributed by atoms with van der Waals surface area (Å²) in [5, 5.41) is 0.412. The third-order valence-electron chi connectivity index (χ3n) is 5.28. The first-order valence-electron chi connectivity index (χ1n) is 6.97.